The summed E-state index contributed by atoms with van der Waals surface area (Å²) in [6, 6.07) is 0. The highest BCUT2D eigenvalue weighted by atomic mass is 16.1. The number of rotatable bonds is 7. The zero-order valence-corrected chi connectivity index (χ0v) is 11.2. The quantitative estimate of drug-likeness (QED) is 0.680. The Hall–Kier alpha value is -1.85. The zero-order chi connectivity index (χ0) is 13.6. The fourth-order valence-corrected chi connectivity index (χ4v) is 1.59. The smallest absolute Gasteiger partial charge is 0.219 e. The first-order valence-electron chi connectivity index (χ1n) is 6.05. The van der Waals surface area contributed by atoms with Gasteiger partial charge in [0.1, 0.15) is 11.6 Å². The minimum atomic E-state index is -0.441. The highest BCUT2D eigenvalue weighted by Gasteiger charge is 2.20. The molecule has 0 unspecified atom stereocenters. The molecule has 0 radical (unpaired) electrons. The molecule has 6 heteroatoms. The first-order chi connectivity index (χ1) is 8.43. The normalized spacial score (nSPS) is 11.1. The number of amides is 1. The fraction of sp³-hybridized carbons (Fsp3) is 0.583. The van der Waals surface area contributed by atoms with Crippen molar-refractivity contribution >= 4 is 17.5 Å². The van der Waals surface area contributed by atoms with E-state index in [1.165, 1.54) is 0 Å². The first-order valence-corrected chi connectivity index (χ1v) is 6.05. The number of nitrogens with two attached hydrogens (primary N) is 1. The van der Waals surface area contributed by atoms with Gasteiger partial charge in [-0.25, -0.2) is 4.98 Å². The molecule has 1 aromatic heterocycles. The van der Waals surface area contributed by atoms with Gasteiger partial charge in [-0.05, 0) is 20.3 Å². The summed E-state index contributed by atoms with van der Waals surface area (Å²) in [4.78, 5) is 19.4. The second-order valence-corrected chi connectivity index (χ2v) is 4.87. The van der Waals surface area contributed by atoms with Crippen LogP contribution >= 0.6 is 0 Å². The van der Waals surface area contributed by atoms with Crippen molar-refractivity contribution in [3.63, 3.8) is 0 Å². The highest BCUT2D eigenvalue weighted by Crippen LogP contribution is 2.16. The number of aromatic nitrogens is 2. The Balaban J connectivity index is 2.69. The highest BCUT2D eigenvalue weighted by molar-refractivity contribution is 5.75. The standard InChI is InChI=1S/C12H21N5O/c1-4-5-15-10-7-14-8-11(16-10)17-12(2,3)6-9(13)18/h7-8H,4-6H2,1-3H3,(H2,13,18)(H2,15,16,17). The number of nitrogens with zero attached hydrogens (tertiary/aromatic N) is 2. The van der Waals surface area contributed by atoms with E-state index in [2.05, 4.69) is 27.5 Å². The molecule has 0 aromatic carbocycles. The molecular formula is C12H21N5O. The third-order valence-electron chi connectivity index (χ3n) is 2.27. The summed E-state index contributed by atoms with van der Waals surface area (Å²) in [5, 5.41) is 6.31. The average molecular weight is 251 g/mol. The van der Waals surface area contributed by atoms with E-state index in [4.69, 9.17) is 5.73 Å². The molecule has 0 spiro atoms. The van der Waals surface area contributed by atoms with E-state index in [-0.39, 0.29) is 12.3 Å². The largest absolute Gasteiger partial charge is 0.370 e. The van der Waals surface area contributed by atoms with Gasteiger partial charge in [0.25, 0.3) is 0 Å². The van der Waals surface area contributed by atoms with Crippen LogP contribution in [0, 0.1) is 0 Å². The summed E-state index contributed by atoms with van der Waals surface area (Å²) in [5.41, 5.74) is 4.76. The van der Waals surface area contributed by atoms with Gasteiger partial charge < -0.3 is 16.4 Å². The van der Waals surface area contributed by atoms with E-state index in [0.717, 1.165) is 18.8 Å². The number of primary amides is 1. The molecule has 1 aromatic rings. The van der Waals surface area contributed by atoms with Crippen molar-refractivity contribution in [3.05, 3.63) is 12.4 Å². The van der Waals surface area contributed by atoms with Crippen LogP contribution in [0.1, 0.15) is 33.6 Å². The third kappa shape index (κ3) is 4.99. The van der Waals surface area contributed by atoms with Gasteiger partial charge in [0.05, 0.1) is 12.4 Å². The Labute approximate surface area is 107 Å². The topological polar surface area (TPSA) is 92.9 Å². The van der Waals surface area contributed by atoms with Gasteiger partial charge in [-0.1, -0.05) is 6.92 Å². The van der Waals surface area contributed by atoms with Crippen LogP contribution in [0.2, 0.25) is 0 Å². The molecule has 100 valence electrons. The maximum absolute atomic E-state index is 10.9. The summed E-state index contributed by atoms with van der Waals surface area (Å²) in [6.07, 6.45) is 4.55. The van der Waals surface area contributed by atoms with Crippen molar-refractivity contribution in [2.24, 2.45) is 5.73 Å². The molecule has 1 heterocycles. The molecule has 4 N–H and O–H groups in total. The number of carbonyl (C=O) groups excluding carboxylic acids is 1. The molecule has 0 fully saturated rings. The summed E-state index contributed by atoms with van der Waals surface area (Å²) >= 11 is 0. The van der Waals surface area contributed by atoms with E-state index in [9.17, 15) is 4.79 Å². The molecule has 0 aliphatic carbocycles. The first kappa shape index (κ1) is 14.2. The summed E-state index contributed by atoms with van der Waals surface area (Å²) in [7, 11) is 0. The Kier molecular flexibility index (Phi) is 4.88. The van der Waals surface area contributed by atoms with Crippen LogP contribution in [-0.2, 0) is 4.79 Å². The molecule has 0 saturated heterocycles. The van der Waals surface area contributed by atoms with E-state index in [1.54, 1.807) is 12.4 Å². The zero-order valence-electron chi connectivity index (χ0n) is 11.2. The molecule has 0 aliphatic heterocycles. The summed E-state index contributed by atoms with van der Waals surface area (Å²) in [6.45, 7) is 6.72. The lowest BCUT2D eigenvalue weighted by Crippen LogP contribution is -2.36. The lowest BCUT2D eigenvalue weighted by molar-refractivity contribution is -0.118. The minimum Gasteiger partial charge on any atom is -0.370 e. The molecule has 0 aliphatic rings. The molecule has 1 amide bonds. The Bertz CT molecular complexity index is 405. The van der Waals surface area contributed by atoms with Crippen molar-refractivity contribution < 1.29 is 4.79 Å². The van der Waals surface area contributed by atoms with Crippen molar-refractivity contribution in [2.75, 3.05) is 17.2 Å². The number of hydrogen-bond acceptors (Lipinski definition) is 5. The van der Waals surface area contributed by atoms with E-state index in [1.807, 2.05) is 13.8 Å². The second kappa shape index (κ2) is 6.18. The Morgan fingerprint density at radius 1 is 1.39 bits per heavy atom. The average Bonchev–Trinajstić information content (AvgIpc) is 2.24. The van der Waals surface area contributed by atoms with Gasteiger partial charge in [-0.3, -0.25) is 9.78 Å². The fourth-order valence-electron chi connectivity index (χ4n) is 1.59. The summed E-state index contributed by atoms with van der Waals surface area (Å²) in [5.74, 6) is 1.000. The van der Waals surface area contributed by atoms with Gasteiger partial charge in [-0.15, -0.1) is 0 Å². The molecular weight excluding hydrogens is 230 g/mol. The van der Waals surface area contributed by atoms with E-state index < -0.39 is 5.54 Å². The molecule has 18 heavy (non-hydrogen) atoms. The Morgan fingerprint density at radius 2 is 2.06 bits per heavy atom. The number of nitrogens with one attached hydrogen (secondary N) is 2. The van der Waals surface area contributed by atoms with E-state index >= 15 is 0 Å². The number of carbonyl (C=O) groups is 1. The second-order valence-electron chi connectivity index (χ2n) is 4.87. The number of anilines is 2. The van der Waals surface area contributed by atoms with Crippen LogP contribution in [0.15, 0.2) is 12.4 Å². The molecule has 0 atom stereocenters. The Morgan fingerprint density at radius 3 is 2.67 bits per heavy atom. The maximum atomic E-state index is 10.9. The van der Waals surface area contributed by atoms with Gasteiger partial charge in [0.2, 0.25) is 5.91 Å². The van der Waals surface area contributed by atoms with Crippen molar-refractivity contribution in [1.29, 1.82) is 0 Å². The van der Waals surface area contributed by atoms with Crippen LogP contribution in [0.3, 0.4) is 0 Å². The maximum Gasteiger partial charge on any atom is 0.219 e. The minimum absolute atomic E-state index is 0.237. The van der Waals surface area contributed by atoms with Crippen molar-refractivity contribution in [1.82, 2.24) is 9.97 Å². The third-order valence-corrected chi connectivity index (χ3v) is 2.27. The lowest BCUT2D eigenvalue weighted by Gasteiger charge is -2.25. The monoisotopic (exact) mass is 251 g/mol. The van der Waals surface area contributed by atoms with Gasteiger partial charge in [0.15, 0.2) is 0 Å². The SMILES string of the molecule is CCCNc1cncc(NC(C)(C)CC(N)=O)n1. The van der Waals surface area contributed by atoms with Crippen molar-refractivity contribution in [3.8, 4) is 0 Å². The van der Waals surface area contributed by atoms with Gasteiger partial charge in [-0.2, -0.15) is 0 Å². The van der Waals surface area contributed by atoms with Crippen molar-refractivity contribution in [2.45, 2.75) is 39.2 Å². The molecule has 0 saturated carbocycles. The van der Waals surface area contributed by atoms with Crippen LogP contribution in [-0.4, -0.2) is 28.0 Å². The molecule has 1 rings (SSSR count). The van der Waals surface area contributed by atoms with Gasteiger partial charge in [0, 0.05) is 18.5 Å². The van der Waals surface area contributed by atoms with Crippen LogP contribution in [0.25, 0.3) is 0 Å². The number of hydrogen-bond donors (Lipinski definition) is 3. The van der Waals surface area contributed by atoms with Crippen LogP contribution < -0.4 is 16.4 Å². The molecule has 6 nitrogen and oxygen atoms in total. The summed E-state index contributed by atoms with van der Waals surface area (Å²) < 4.78 is 0. The van der Waals surface area contributed by atoms with Crippen LogP contribution in [0.5, 0.6) is 0 Å². The molecule has 0 bridgehead atoms. The predicted octanol–water partition coefficient (Wildman–Crippen LogP) is 1.36. The van der Waals surface area contributed by atoms with Crippen LogP contribution in [0.4, 0.5) is 11.6 Å². The predicted molar refractivity (Wildman–Crippen MR) is 72.3 cm³/mol. The van der Waals surface area contributed by atoms with Gasteiger partial charge >= 0.3 is 0 Å². The lowest BCUT2D eigenvalue weighted by atomic mass is 10.0. The van der Waals surface area contributed by atoms with E-state index in [0.29, 0.717) is 5.82 Å².